The van der Waals surface area contributed by atoms with Crippen molar-refractivity contribution in [3.63, 3.8) is 0 Å². The van der Waals surface area contributed by atoms with E-state index < -0.39 is 0 Å². The average molecular weight is 277 g/mol. The van der Waals surface area contributed by atoms with Gasteiger partial charge in [0.1, 0.15) is 5.76 Å². The monoisotopic (exact) mass is 277 g/mol. The molecule has 2 atom stereocenters. The van der Waals surface area contributed by atoms with E-state index >= 15 is 0 Å². The van der Waals surface area contributed by atoms with Crippen LogP contribution in [0.15, 0.2) is 22.8 Å². The molecule has 1 amide bonds. The first kappa shape index (κ1) is 13.6. The van der Waals surface area contributed by atoms with Gasteiger partial charge in [0.2, 0.25) is 5.91 Å². The highest BCUT2D eigenvalue weighted by molar-refractivity contribution is 5.82. The van der Waals surface area contributed by atoms with Crippen molar-refractivity contribution in [1.82, 2.24) is 15.1 Å². The molecule has 20 heavy (non-hydrogen) atoms. The summed E-state index contributed by atoms with van der Waals surface area (Å²) in [7, 11) is 0. The van der Waals surface area contributed by atoms with E-state index in [1.807, 2.05) is 17.0 Å². The first-order valence-corrected chi connectivity index (χ1v) is 7.56. The van der Waals surface area contributed by atoms with Crippen LogP contribution in [0.2, 0.25) is 0 Å². The molecule has 0 spiro atoms. The third-order valence-corrected chi connectivity index (χ3v) is 4.46. The van der Waals surface area contributed by atoms with Gasteiger partial charge in [-0.25, -0.2) is 0 Å². The van der Waals surface area contributed by atoms with Crippen LogP contribution in [-0.4, -0.2) is 54.5 Å². The van der Waals surface area contributed by atoms with Crippen molar-refractivity contribution in [2.75, 3.05) is 32.7 Å². The molecule has 0 bridgehead atoms. The summed E-state index contributed by atoms with van der Waals surface area (Å²) in [5, 5.41) is 3.29. The average Bonchev–Trinajstić information content (AvgIpc) is 3.18. The maximum absolute atomic E-state index is 12.7. The lowest BCUT2D eigenvalue weighted by Gasteiger charge is -2.34. The third kappa shape index (κ3) is 2.60. The highest BCUT2D eigenvalue weighted by Crippen LogP contribution is 2.30. The second-order valence-corrected chi connectivity index (χ2v) is 5.66. The van der Waals surface area contributed by atoms with Crippen LogP contribution in [0.1, 0.15) is 31.6 Å². The van der Waals surface area contributed by atoms with Crippen molar-refractivity contribution in [2.24, 2.45) is 0 Å². The van der Waals surface area contributed by atoms with Gasteiger partial charge in [-0.1, -0.05) is 0 Å². The van der Waals surface area contributed by atoms with Gasteiger partial charge in [0.15, 0.2) is 0 Å². The van der Waals surface area contributed by atoms with Gasteiger partial charge in [0.05, 0.1) is 18.3 Å². The lowest BCUT2D eigenvalue weighted by atomic mass is 10.1. The number of carbonyl (C=O) groups is 1. The zero-order valence-electron chi connectivity index (χ0n) is 12.0. The van der Waals surface area contributed by atoms with E-state index in [1.165, 1.54) is 0 Å². The molecule has 2 unspecified atom stereocenters. The van der Waals surface area contributed by atoms with Crippen LogP contribution in [0.4, 0.5) is 0 Å². The molecule has 2 fully saturated rings. The molecule has 5 nitrogen and oxygen atoms in total. The molecule has 5 heteroatoms. The Kier molecular flexibility index (Phi) is 4.08. The van der Waals surface area contributed by atoms with Gasteiger partial charge < -0.3 is 14.6 Å². The van der Waals surface area contributed by atoms with Crippen molar-refractivity contribution in [3.8, 4) is 0 Å². The van der Waals surface area contributed by atoms with Gasteiger partial charge >= 0.3 is 0 Å². The number of carbonyl (C=O) groups excluding carboxylic acids is 1. The number of nitrogens with one attached hydrogen (secondary N) is 1. The summed E-state index contributed by atoms with van der Waals surface area (Å²) in [6.07, 6.45) is 3.76. The normalized spacial score (nSPS) is 25.9. The fraction of sp³-hybridized carbons (Fsp3) is 0.667. The van der Waals surface area contributed by atoms with Crippen LogP contribution in [0, 0.1) is 0 Å². The van der Waals surface area contributed by atoms with Gasteiger partial charge in [-0.3, -0.25) is 9.69 Å². The minimum absolute atomic E-state index is 0.0215. The predicted molar refractivity (Wildman–Crippen MR) is 76.3 cm³/mol. The van der Waals surface area contributed by atoms with Gasteiger partial charge in [-0.05, 0) is 38.4 Å². The molecule has 0 saturated carbocycles. The van der Waals surface area contributed by atoms with Crippen LogP contribution in [0.5, 0.6) is 0 Å². The molecule has 3 rings (SSSR count). The Morgan fingerprint density at radius 1 is 1.40 bits per heavy atom. The van der Waals surface area contributed by atoms with Gasteiger partial charge in [-0.2, -0.15) is 0 Å². The molecule has 2 saturated heterocycles. The lowest BCUT2D eigenvalue weighted by Crippen LogP contribution is -2.52. The third-order valence-electron chi connectivity index (χ3n) is 4.46. The number of rotatable bonds is 3. The standard InChI is InChI=1S/C15H23N3O2/c1-12(14-5-3-11-20-14)18-8-2-4-13(18)15(19)17-9-6-16-7-10-17/h3,5,11-13,16H,2,4,6-10H2,1H3. The summed E-state index contributed by atoms with van der Waals surface area (Å²) in [6, 6.07) is 4.10. The molecule has 0 aromatic carbocycles. The summed E-state index contributed by atoms with van der Waals surface area (Å²) in [6.45, 7) is 6.58. The van der Waals surface area contributed by atoms with Gasteiger partial charge in [-0.15, -0.1) is 0 Å². The number of piperazine rings is 1. The van der Waals surface area contributed by atoms with E-state index in [0.29, 0.717) is 5.91 Å². The summed E-state index contributed by atoms with van der Waals surface area (Å²) in [5.41, 5.74) is 0. The van der Waals surface area contributed by atoms with E-state index in [4.69, 9.17) is 4.42 Å². The van der Waals surface area contributed by atoms with Crippen LogP contribution in [0.3, 0.4) is 0 Å². The molecular weight excluding hydrogens is 254 g/mol. The number of likely N-dealkylation sites (tertiary alicyclic amines) is 1. The second-order valence-electron chi connectivity index (χ2n) is 5.66. The Labute approximate surface area is 119 Å². The maximum Gasteiger partial charge on any atom is 0.240 e. The van der Waals surface area contributed by atoms with Crippen molar-refractivity contribution in [1.29, 1.82) is 0 Å². The minimum atomic E-state index is 0.0215. The van der Waals surface area contributed by atoms with Crippen molar-refractivity contribution in [2.45, 2.75) is 31.8 Å². The molecular formula is C15H23N3O2. The number of furan rings is 1. The Morgan fingerprint density at radius 3 is 2.90 bits per heavy atom. The molecule has 110 valence electrons. The summed E-state index contributed by atoms with van der Waals surface area (Å²) < 4.78 is 5.50. The lowest BCUT2D eigenvalue weighted by molar-refractivity contribution is -0.137. The molecule has 2 aliphatic rings. The quantitative estimate of drug-likeness (QED) is 0.903. The topological polar surface area (TPSA) is 48.7 Å². The Balaban J connectivity index is 1.70. The fourth-order valence-corrected chi connectivity index (χ4v) is 3.31. The molecule has 1 aromatic heterocycles. The fourth-order valence-electron chi connectivity index (χ4n) is 3.31. The summed E-state index contributed by atoms with van der Waals surface area (Å²) in [5.74, 6) is 1.24. The number of nitrogens with zero attached hydrogens (tertiary/aromatic N) is 2. The number of hydrogen-bond acceptors (Lipinski definition) is 4. The van der Waals surface area contributed by atoms with Gasteiger partial charge in [0, 0.05) is 26.2 Å². The van der Waals surface area contributed by atoms with Crippen molar-refractivity contribution in [3.05, 3.63) is 24.2 Å². The van der Waals surface area contributed by atoms with Crippen LogP contribution >= 0.6 is 0 Å². The molecule has 0 radical (unpaired) electrons. The van der Waals surface area contributed by atoms with Crippen LogP contribution in [-0.2, 0) is 4.79 Å². The zero-order chi connectivity index (χ0) is 13.9. The SMILES string of the molecule is CC(c1ccco1)N1CCCC1C(=O)N1CCNCC1. The highest BCUT2D eigenvalue weighted by atomic mass is 16.3. The van der Waals surface area contributed by atoms with E-state index in [1.54, 1.807) is 6.26 Å². The van der Waals surface area contributed by atoms with Gasteiger partial charge in [0.25, 0.3) is 0 Å². The molecule has 3 heterocycles. The highest BCUT2D eigenvalue weighted by Gasteiger charge is 2.37. The Hall–Kier alpha value is -1.33. The number of hydrogen-bond donors (Lipinski definition) is 1. The van der Waals surface area contributed by atoms with E-state index in [-0.39, 0.29) is 12.1 Å². The Bertz CT molecular complexity index is 440. The number of amides is 1. The smallest absolute Gasteiger partial charge is 0.240 e. The van der Waals surface area contributed by atoms with E-state index in [9.17, 15) is 4.79 Å². The summed E-state index contributed by atoms with van der Waals surface area (Å²) in [4.78, 5) is 17.0. The van der Waals surface area contributed by atoms with E-state index in [0.717, 1.165) is 51.3 Å². The molecule has 0 aliphatic carbocycles. The van der Waals surface area contributed by atoms with E-state index in [2.05, 4.69) is 17.1 Å². The predicted octanol–water partition coefficient (Wildman–Crippen LogP) is 1.24. The first-order valence-electron chi connectivity index (χ1n) is 7.56. The second kappa shape index (κ2) is 5.97. The molecule has 2 aliphatic heterocycles. The largest absolute Gasteiger partial charge is 0.468 e. The maximum atomic E-state index is 12.7. The van der Waals surface area contributed by atoms with Crippen LogP contribution in [0.25, 0.3) is 0 Å². The summed E-state index contributed by atoms with van der Waals surface area (Å²) >= 11 is 0. The first-order chi connectivity index (χ1) is 9.77. The van der Waals surface area contributed by atoms with Crippen molar-refractivity contribution < 1.29 is 9.21 Å². The Morgan fingerprint density at radius 2 is 2.20 bits per heavy atom. The zero-order valence-corrected chi connectivity index (χ0v) is 12.0. The van der Waals surface area contributed by atoms with Crippen molar-refractivity contribution >= 4 is 5.91 Å². The van der Waals surface area contributed by atoms with Crippen LogP contribution < -0.4 is 5.32 Å². The minimum Gasteiger partial charge on any atom is -0.468 e. The molecule has 1 N–H and O–H groups in total. The molecule has 1 aromatic rings.